The van der Waals surface area contributed by atoms with E-state index in [9.17, 15) is 0 Å². The third kappa shape index (κ3) is 4.67. The SMILES string of the molecule is C=CCNC(=S)Nc1nc(C)cc(N2CCCC(C)C2)n1. The number of anilines is 2. The summed E-state index contributed by atoms with van der Waals surface area (Å²) >= 11 is 5.20. The average Bonchev–Trinajstić information content (AvgIpc) is 2.44. The molecule has 114 valence electrons. The van der Waals surface area contributed by atoms with Crippen LogP contribution in [0, 0.1) is 12.8 Å². The molecular weight excluding hydrogens is 282 g/mol. The summed E-state index contributed by atoms with van der Waals surface area (Å²) in [4.78, 5) is 11.3. The van der Waals surface area contributed by atoms with E-state index in [-0.39, 0.29) is 0 Å². The number of piperidine rings is 1. The molecule has 0 aliphatic carbocycles. The number of rotatable bonds is 4. The Hall–Kier alpha value is -1.69. The van der Waals surface area contributed by atoms with Gasteiger partial charge in [0, 0.05) is 31.4 Å². The lowest BCUT2D eigenvalue weighted by Crippen LogP contribution is -2.35. The van der Waals surface area contributed by atoms with Crippen molar-refractivity contribution < 1.29 is 0 Å². The first-order chi connectivity index (χ1) is 10.1. The summed E-state index contributed by atoms with van der Waals surface area (Å²) in [5.74, 6) is 2.23. The van der Waals surface area contributed by atoms with Gasteiger partial charge in [-0.1, -0.05) is 13.0 Å². The van der Waals surface area contributed by atoms with Crippen LogP contribution in [0.4, 0.5) is 11.8 Å². The van der Waals surface area contributed by atoms with Crippen molar-refractivity contribution in [3.05, 3.63) is 24.4 Å². The predicted octanol–water partition coefficient (Wildman–Crippen LogP) is 2.49. The van der Waals surface area contributed by atoms with Crippen molar-refractivity contribution in [2.75, 3.05) is 29.9 Å². The molecule has 1 aromatic rings. The Balaban J connectivity index is 2.09. The van der Waals surface area contributed by atoms with Crippen molar-refractivity contribution in [1.29, 1.82) is 0 Å². The van der Waals surface area contributed by atoms with E-state index in [1.54, 1.807) is 6.08 Å². The fourth-order valence-electron chi connectivity index (χ4n) is 2.48. The monoisotopic (exact) mass is 305 g/mol. The number of aromatic nitrogens is 2. The molecule has 1 aliphatic heterocycles. The molecule has 2 heterocycles. The smallest absolute Gasteiger partial charge is 0.231 e. The van der Waals surface area contributed by atoms with Crippen LogP contribution in [0.2, 0.25) is 0 Å². The maximum atomic E-state index is 5.20. The van der Waals surface area contributed by atoms with E-state index in [1.165, 1.54) is 12.8 Å². The molecule has 1 atom stereocenters. The van der Waals surface area contributed by atoms with Crippen molar-refractivity contribution in [3.8, 4) is 0 Å². The van der Waals surface area contributed by atoms with Gasteiger partial charge >= 0.3 is 0 Å². The summed E-state index contributed by atoms with van der Waals surface area (Å²) in [5.41, 5.74) is 0.937. The fraction of sp³-hybridized carbons (Fsp3) is 0.533. The third-order valence-corrected chi connectivity index (χ3v) is 3.70. The molecule has 1 saturated heterocycles. The first kappa shape index (κ1) is 15.7. The zero-order valence-electron chi connectivity index (χ0n) is 12.7. The van der Waals surface area contributed by atoms with Crippen molar-refractivity contribution in [2.45, 2.75) is 26.7 Å². The molecule has 1 unspecified atom stereocenters. The minimum atomic E-state index is 0.512. The van der Waals surface area contributed by atoms with Gasteiger partial charge in [-0.15, -0.1) is 6.58 Å². The molecule has 5 nitrogen and oxygen atoms in total. The quantitative estimate of drug-likeness (QED) is 0.658. The zero-order chi connectivity index (χ0) is 15.2. The summed E-state index contributed by atoms with van der Waals surface area (Å²) in [6, 6.07) is 2.03. The number of nitrogens with one attached hydrogen (secondary N) is 2. The van der Waals surface area contributed by atoms with Crippen LogP contribution < -0.4 is 15.5 Å². The van der Waals surface area contributed by atoms with Crippen molar-refractivity contribution in [2.24, 2.45) is 5.92 Å². The topological polar surface area (TPSA) is 53.1 Å². The number of hydrogen-bond acceptors (Lipinski definition) is 4. The van der Waals surface area contributed by atoms with Crippen LogP contribution in [0.25, 0.3) is 0 Å². The lowest BCUT2D eigenvalue weighted by atomic mass is 10.0. The molecule has 21 heavy (non-hydrogen) atoms. The first-order valence-electron chi connectivity index (χ1n) is 7.35. The highest BCUT2D eigenvalue weighted by molar-refractivity contribution is 7.80. The molecule has 1 aromatic heterocycles. The van der Waals surface area contributed by atoms with Crippen LogP contribution >= 0.6 is 12.2 Å². The Morgan fingerprint density at radius 1 is 1.57 bits per heavy atom. The van der Waals surface area contributed by atoms with E-state index in [0.29, 0.717) is 23.5 Å². The molecular formula is C15H23N5S. The largest absolute Gasteiger partial charge is 0.359 e. The molecule has 6 heteroatoms. The van der Waals surface area contributed by atoms with E-state index >= 15 is 0 Å². The number of aryl methyl sites for hydroxylation is 1. The van der Waals surface area contributed by atoms with Crippen LogP contribution in [0.5, 0.6) is 0 Å². The van der Waals surface area contributed by atoms with Gasteiger partial charge in [0.25, 0.3) is 0 Å². The van der Waals surface area contributed by atoms with Crippen molar-refractivity contribution in [1.82, 2.24) is 15.3 Å². The molecule has 1 aliphatic rings. The molecule has 0 bridgehead atoms. The molecule has 0 radical (unpaired) electrons. The van der Waals surface area contributed by atoms with Crippen LogP contribution in [-0.4, -0.2) is 34.7 Å². The molecule has 0 aromatic carbocycles. The van der Waals surface area contributed by atoms with E-state index in [2.05, 4.69) is 39.0 Å². The zero-order valence-corrected chi connectivity index (χ0v) is 13.5. The van der Waals surface area contributed by atoms with E-state index < -0.39 is 0 Å². The number of thiocarbonyl (C=S) groups is 1. The van der Waals surface area contributed by atoms with Crippen LogP contribution in [-0.2, 0) is 0 Å². The highest BCUT2D eigenvalue weighted by Gasteiger charge is 2.18. The minimum absolute atomic E-state index is 0.512. The van der Waals surface area contributed by atoms with Gasteiger partial charge < -0.3 is 15.5 Å². The normalized spacial score (nSPS) is 18.2. The second-order valence-corrected chi connectivity index (χ2v) is 5.92. The van der Waals surface area contributed by atoms with E-state index in [0.717, 1.165) is 24.6 Å². The van der Waals surface area contributed by atoms with Crippen molar-refractivity contribution >= 4 is 29.1 Å². The Bertz CT molecular complexity index is 517. The average molecular weight is 305 g/mol. The van der Waals surface area contributed by atoms with Gasteiger partial charge in [0.05, 0.1) is 0 Å². The van der Waals surface area contributed by atoms with Crippen molar-refractivity contribution in [3.63, 3.8) is 0 Å². The second kappa shape index (κ2) is 7.36. The Kier molecular flexibility index (Phi) is 5.50. The molecule has 0 spiro atoms. The number of nitrogens with zero attached hydrogens (tertiary/aromatic N) is 3. The second-order valence-electron chi connectivity index (χ2n) is 5.51. The van der Waals surface area contributed by atoms with Gasteiger partial charge in [-0.2, -0.15) is 4.98 Å². The van der Waals surface area contributed by atoms with Gasteiger partial charge in [0.15, 0.2) is 5.11 Å². The maximum Gasteiger partial charge on any atom is 0.231 e. The Morgan fingerprint density at radius 2 is 2.38 bits per heavy atom. The van der Waals surface area contributed by atoms with Gasteiger partial charge in [-0.3, -0.25) is 0 Å². The summed E-state index contributed by atoms with van der Waals surface area (Å²) in [7, 11) is 0. The molecule has 2 N–H and O–H groups in total. The Morgan fingerprint density at radius 3 is 3.10 bits per heavy atom. The first-order valence-corrected chi connectivity index (χ1v) is 7.75. The molecule has 0 saturated carbocycles. The van der Waals surface area contributed by atoms with Gasteiger partial charge in [-0.25, -0.2) is 4.98 Å². The number of hydrogen-bond donors (Lipinski definition) is 2. The van der Waals surface area contributed by atoms with Crippen LogP contribution in [0.3, 0.4) is 0 Å². The predicted molar refractivity (Wildman–Crippen MR) is 91.8 cm³/mol. The fourth-order valence-corrected chi connectivity index (χ4v) is 2.65. The molecule has 0 amide bonds. The van der Waals surface area contributed by atoms with E-state index in [1.807, 2.05) is 13.0 Å². The summed E-state index contributed by atoms with van der Waals surface area (Å²) in [6.07, 6.45) is 4.26. The van der Waals surface area contributed by atoms with Crippen LogP contribution in [0.1, 0.15) is 25.5 Å². The molecule has 1 fully saturated rings. The highest BCUT2D eigenvalue weighted by Crippen LogP contribution is 2.22. The van der Waals surface area contributed by atoms with Gasteiger partial charge in [-0.05, 0) is 37.9 Å². The minimum Gasteiger partial charge on any atom is -0.359 e. The summed E-state index contributed by atoms with van der Waals surface area (Å²) < 4.78 is 0. The highest BCUT2D eigenvalue weighted by atomic mass is 32.1. The summed E-state index contributed by atoms with van der Waals surface area (Å²) in [5, 5.41) is 6.56. The maximum absolute atomic E-state index is 5.20. The van der Waals surface area contributed by atoms with E-state index in [4.69, 9.17) is 12.2 Å². The standard InChI is InChI=1S/C15H23N5S/c1-4-7-16-15(21)19-14-17-12(3)9-13(18-14)20-8-5-6-11(2)10-20/h4,9,11H,1,5-8,10H2,2-3H3,(H2,16,17,18,19,21). The third-order valence-electron chi connectivity index (χ3n) is 3.45. The summed E-state index contributed by atoms with van der Waals surface area (Å²) in [6.45, 7) is 10.6. The van der Waals surface area contributed by atoms with Gasteiger partial charge in [0.1, 0.15) is 5.82 Å². The lowest BCUT2D eigenvalue weighted by Gasteiger charge is -2.32. The molecule has 2 rings (SSSR count). The lowest BCUT2D eigenvalue weighted by molar-refractivity contribution is 0.444. The van der Waals surface area contributed by atoms with Crippen LogP contribution in [0.15, 0.2) is 18.7 Å². The van der Waals surface area contributed by atoms with Gasteiger partial charge in [0.2, 0.25) is 5.95 Å². The Labute approximate surface area is 131 Å².